The van der Waals surface area contributed by atoms with E-state index in [4.69, 9.17) is 0 Å². The van der Waals surface area contributed by atoms with Crippen LogP contribution in [0, 0.1) is 12.8 Å². The summed E-state index contributed by atoms with van der Waals surface area (Å²) in [4.78, 5) is 20.7. The predicted molar refractivity (Wildman–Crippen MR) is 86.8 cm³/mol. The number of amides is 2. The van der Waals surface area contributed by atoms with Crippen molar-refractivity contribution in [2.24, 2.45) is 5.92 Å². The van der Waals surface area contributed by atoms with Crippen LogP contribution >= 0.6 is 0 Å². The fraction of sp³-hybridized carbons (Fsp3) is 0.800. The van der Waals surface area contributed by atoms with Crippen molar-refractivity contribution in [2.45, 2.75) is 39.8 Å². The van der Waals surface area contributed by atoms with Crippen LogP contribution in [0.1, 0.15) is 31.9 Å². The first-order valence-corrected chi connectivity index (χ1v) is 8.25. The molecular weight excluding hydrogens is 296 g/mol. The van der Waals surface area contributed by atoms with Crippen LogP contribution in [-0.4, -0.2) is 74.9 Å². The number of nitrogens with one attached hydrogen (secondary N) is 2. The fourth-order valence-corrected chi connectivity index (χ4v) is 2.94. The number of aliphatic hydroxyl groups excluding tert-OH is 1. The van der Waals surface area contributed by atoms with Gasteiger partial charge in [0, 0.05) is 38.8 Å². The zero-order chi connectivity index (χ0) is 16.8. The highest BCUT2D eigenvalue weighted by Gasteiger charge is 2.29. The molecule has 0 bridgehead atoms. The number of aromatic amines is 1. The topological polar surface area (TPSA) is 97.4 Å². The third-order valence-corrected chi connectivity index (χ3v) is 4.00. The van der Waals surface area contributed by atoms with Crippen molar-refractivity contribution in [3.05, 3.63) is 11.6 Å². The molecule has 1 aromatic heterocycles. The second kappa shape index (κ2) is 8.26. The minimum absolute atomic E-state index is 0.0976. The van der Waals surface area contributed by atoms with Crippen LogP contribution in [0.4, 0.5) is 4.79 Å². The fourth-order valence-electron chi connectivity index (χ4n) is 2.94. The molecule has 8 heteroatoms. The van der Waals surface area contributed by atoms with E-state index in [-0.39, 0.29) is 18.7 Å². The van der Waals surface area contributed by atoms with Crippen LogP contribution in [0.25, 0.3) is 0 Å². The number of hydrogen-bond acceptors (Lipinski definition) is 5. The van der Waals surface area contributed by atoms with Gasteiger partial charge in [0.05, 0.1) is 6.54 Å². The molecule has 0 radical (unpaired) electrons. The molecule has 2 heterocycles. The minimum atomic E-state index is -0.0976. The van der Waals surface area contributed by atoms with Gasteiger partial charge in [-0.25, -0.2) is 9.78 Å². The van der Waals surface area contributed by atoms with E-state index in [1.54, 1.807) is 0 Å². The largest absolute Gasteiger partial charge is 0.396 e. The molecule has 1 saturated heterocycles. The van der Waals surface area contributed by atoms with Crippen LogP contribution in [0.15, 0.2) is 0 Å². The minimum Gasteiger partial charge on any atom is -0.396 e. The lowest BCUT2D eigenvalue weighted by Crippen LogP contribution is -2.57. The van der Waals surface area contributed by atoms with Crippen LogP contribution in [0.2, 0.25) is 0 Å². The molecule has 1 atom stereocenters. The lowest BCUT2D eigenvalue weighted by molar-refractivity contribution is 0.0654. The van der Waals surface area contributed by atoms with E-state index in [2.05, 4.69) is 39.2 Å². The number of aryl methyl sites for hydroxylation is 1. The molecule has 0 aromatic carbocycles. The highest BCUT2D eigenvalue weighted by atomic mass is 16.3. The van der Waals surface area contributed by atoms with Crippen molar-refractivity contribution in [1.29, 1.82) is 0 Å². The van der Waals surface area contributed by atoms with Gasteiger partial charge in [0.25, 0.3) is 0 Å². The Labute approximate surface area is 137 Å². The maximum Gasteiger partial charge on any atom is 0.317 e. The van der Waals surface area contributed by atoms with Gasteiger partial charge in [-0.3, -0.25) is 10.00 Å². The van der Waals surface area contributed by atoms with Gasteiger partial charge in [0.15, 0.2) is 5.82 Å². The van der Waals surface area contributed by atoms with Crippen LogP contribution in [-0.2, 0) is 6.54 Å². The Kier molecular flexibility index (Phi) is 6.35. The first kappa shape index (κ1) is 17.7. The monoisotopic (exact) mass is 324 g/mol. The van der Waals surface area contributed by atoms with Crippen molar-refractivity contribution < 1.29 is 9.90 Å². The summed E-state index contributed by atoms with van der Waals surface area (Å²) in [6, 6.07) is 0.118. The summed E-state index contributed by atoms with van der Waals surface area (Å²) in [6.45, 7) is 9.85. The zero-order valence-electron chi connectivity index (χ0n) is 14.2. The highest BCUT2D eigenvalue weighted by molar-refractivity contribution is 5.74. The molecular formula is C15H28N6O2. The summed E-state index contributed by atoms with van der Waals surface area (Å²) in [5.74, 6) is 1.89. The number of carbonyl (C=O) groups is 1. The van der Waals surface area contributed by atoms with Gasteiger partial charge in [-0.15, -0.1) is 0 Å². The summed E-state index contributed by atoms with van der Waals surface area (Å²) in [5, 5.41) is 18.9. The van der Waals surface area contributed by atoms with Crippen molar-refractivity contribution in [2.75, 3.05) is 32.8 Å². The van der Waals surface area contributed by atoms with E-state index in [0.717, 1.165) is 18.9 Å². The molecule has 2 amide bonds. The van der Waals surface area contributed by atoms with Gasteiger partial charge in [0.1, 0.15) is 5.82 Å². The van der Waals surface area contributed by atoms with Gasteiger partial charge in [-0.2, -0.15) is 5.10 Å². The number of aromatic nitrogens is 3. The predicted octanol–water partition coefficient (Wildman–Crippen LogP) is 0.347. The number of nitrogens with zero attached hydrogens (tertiary/aromatic N) is 4. The van der Waals surface area contributed by atoms with E-state index in [1.165, 1.54) is 0 Å². The van der Waals surface area contributed by atoms with E-state index >= 15 is 0 Å². The number of piperazine rings is 1. The molecule has 2 rings (SSSR count). The van der Waals surface area contributed by atoms with Gasteiger partial charge in [0.2, 0.25) is 0 Å². The molecule has 23 heavy (non-hydrogen) atoms. The number of urea groups is 1. The Morgan fingerprint density at radius 2 is 2.26 bits per heavy atom. The average molecular weight is 324 g/mol. The van der Waals surface area contributed by atoms with Gasteiger partial charge in [-0.1, -0.05) is 13.8 Å². The molecule has 1 aromatic rings. The summed E-state index contributed by atoms with van der Waals surface area (Å²) < 4.78 is 0. The third kappa shape index (κ3) is 5.18. The molecule has 0 aliphatic carbocycles. The molecule has 1 unspecified atom stereocenters. The SMILES string of the molecule is Cc1nc(CNC(=O)N2CCN(CC(C)C)C(CCO)C2)n[nH]1. The standard InChI is InChI=1S/C15H28N6O2/c1-11(2)9-20-5-6-21(10-13(20)4-7-22)15(23)16-8-14-17-12(3)18-19-14/h11,13,22H,4-10H2,1-3H3,(H,16,23)(H,17,18,19). The number of hydrogen-bond donors (Lipinski definition) is 3. The van der Waals surface area contributed by atoms with Crippen molar-refractivity contribution in [1.82, 2.24) is 30.3 Å². The summed E-state index contributed by atoms with van der Waals surface area (Å²) in [6.07, 6.45) is 0.691. The second-order valence-corrected chi connectivity index (χ2v) is 6.50. The van der Waals surface area contributed by atoms with Gasteiger partial charge in [-0.05, 0) is 19.3 Å². The lowest BCUT2D eigenvalue weighted by atomic mass is 10.1. The van der Waals surface area contributed by atoms with Crippen molar-refractivity contribution in [3.8, 4) is 0 Å². The van der Waals surface area contributed by atoms with Crippen LogP contribution in [0.3, 0.4) is 0 Å². The maximum absolute atomic E-state index is 12.3. The third-order valence-electron chi connectivity index (χ3n) is 4.00. The molecule has 3 N–H and O–H groups in total. The van der Waals surface area contributed by atoms with Crippen molar-refractivity contribution >= 4 is 6.03 Å². The van der Waals surface area contributed by atoms with Gasteiger partial charge >= 0.3 is 6.03 Å². The Morgan fingerprint density at radius 1 is 1.48 bits per heavy atom. The van der Waals surface area contributed by atoms with E-state index < -0.39 is 0 Å². The Bertz CT molecular complexity index is 504. The van der Waals surface area contributed by atoms with Crippen molar-refractivity contribution in [3.63, 3.8) is 0 Å². The number of carbonyl (C=O) groups excluding carboxylic acids is 1. The van der Waals surface area contributed by atoms with Crippen LogP contribution < -0.4 is 5.32 Å². The Balaban J connectivity index is 1.86. The summed E-state index contributed by atoms with van der Waals surface area (Å²) in [7, 11) is 0. The quantitative estimate of drug-likeness (QED) is 0.701. The van der Waals surface area contributed by atoms with Crippen LogP contribution in [0.5, 0.6) is 0 Å². The Morgan fingerprint density at radius 3 is 2.87 bits per heavy atom. The molecule has 8 nitrogen and oxygen atoms in total. The first-order chi connectivity index (χ1) is 11.0. The lowest BCUT2D eigenvalue weighted by Gasteiger charge is -2.42. The normalized spacial score (nSPS) is 19.3. The second-order valence-electron chi connectivity index (χ2n) is 6.50. The smallest absolute Gasteiger partial charge is 0.317 e. The summed E-state index contributed by atoms with van der Waals surface area (Å²) >= 11 is 0. The summed E-state index contributed by atoms with van der Waals surface area (Å²) in [5.41, 5.74) is 0. The van der Waals surface area contributed by atoms with Gasteiger partial charge < -0.3 is 15.3 Å². The molecule has 1 aliphatic rings. The molecule has 1 aliphatic heterocycles. The maximum atomic E-state index is 12.3. The number of aliphatic hydroxyl groups is 1. The van der Waals surface area contributed by atoms with E-state index in [0.29, 0.717) is 37.8 Å². The zero-order valence-corrected chi connectivity index (χ0v) is 14.2. The van der Waals surface area contributed by atoms with E-state index in [9.17, 15) is 9.90 Å². The number of H-pyrrole nitrogens is 1. The highest BCUT2D eigenvalue weighted by Crippen LogP contribution is 2.15. The molecule has 0 spiro atoms. The average Bonchev–Trinajstić information content (AvgIpc) is 2.92. The molecule has 130 valence electrons. The number of rotatable bonds is 6. The molecule has 0 saturated carbocycles. The molecule has 1 fully saturated rings. The van der Waals surface area contributed by atoms with E-state index in [1.807, 2.05) is 11.8 Å². The first-order valence-electron chi connectivity index (χ1n) is 8.25. The Hall–Kier alpha value is -1.67.